The number of rotatable bonds is 1. The molecule has 0 saturated heterocycles. The molecule has 0 spiro atoms. The summed E-state index contributed by atoms with van der Waals surface area (Å²) >= 11 is 0. The Morgan fingerprint density at radius 1 is 0.833 bits per heavy atom. The molecular formula is C19H15IN2O2. The van der Waals surface area contributed by atoms with Gasteiger partial charge in [0.2, 0.25) is 23.0 Å². The highest BCUT2D eigenvalue weighted by molar-refractivity contribution is 6.26. The summed E-state index contributed by atoms with van der Waals surface area (Å²) in [6, 6.07) is 16.7. The highest BCUT2D eigenvalue weighted by atomic mass is 127. The molecule has 0 atom stereocenters. The Bertz CT molecular complexity index is 975. The van der Waals surface area contributed by atoms with Crippen LogP contribution < -0.4 is 28.5 Å². The number of hydrogen-bond acceptors (Lipinski definition) is 2. The molecule has 4 rings (SSSR count). The van der Waals surface area contributed by atoms with Gasteiger partial charge >= 0.3 is 0 Å². The second kappa shape index (κ2) is 5.98. The molecule has 0 amide bonds. The summed E-state index contributed by atoms with van der Waals surface area (Å²) in [5, 5.41) is 0. The molecule has 1 heterocycles. The topological polar surface area (TPSA) is 43.0 Å². The van der Waals surface area contributed by atoms with Crippen LogP contribution in [0.25, 0.3) is 5.69 Å². The summed E-state index contributed by atoms with van der Waals surface area (Å²) in [5.74, 6) is 0.633. The molecule has 0 radical (unpaired) electrons. The molecule has 1 aliphatic rings. The van der Waals surface area contributed by atoms with Gasteiger partial charge < -0.3 is 24.0 Å². The van der Waals surface area contributed by atoms with E-state index in [0.29, 0.717) is 22.5 Å². The van der Waals surface area contributed by atoms with Gasteiger partial charge in [-0.2, -0.15) is 4.57 Å². The van der Waals surface area contributed by atoms with Crippen LogP contribution in [0.15, 0.2) is 54.6 Å². The molecule has 0 bridgehead atoms. The second-order valence-corrected chi connectivity index (χ2v) is 5.68. The van der Waals surface area contributed by atoms with Gasteiger partial charge in [0.1, 0.15) is 5.69 Å². The minimum absolute atomic E-state index is 0. The van der Waals surface area contributed by atoms with Crippen LogP contribution in [-0.4, -0.2) is 16.1 Å². The van der Waals surface area contributed by atoms with E-state index in [-0.39, 0.29) is 35.5 Å². The van der Waals surface area contributed by atoms with Crippen molar-refractivity contribution >= 4 is 11.6 Å². The predicted octanol–water partition coefficient (Wildman–Crippen LogP) is -0.610. The number of carbonyl (C=O) groups is 2. The first-order chi connectivity index (χ1) is 11.1. The number of benzene rings is 2. The SMILES string of the molecule is Cc1n(-c2ccccc2)c2c([n+]1C)C(=O)c1ccccc1C2=O.[I-]. The number of hydrogen-bond donors (Lipinski definition) is 0. The van der Waals surface area contributed by atoms with Crippen molar-refractivity contribution < 1.29 is 38.1 Å². The van der Waals surface area contributed by atoms with Crippen molar-refractivity contribution in [1.82, 2.24) is 4.57 Å². The fourth-order valence-electron chi connectivity index (χ4n) is 3.23. The van der Waals surface area contributed by atoms with E-state index in [1.165, 1.54) is 0 Å². The highest BCUT2D eigenvalue weighted by Gasteiger charge is 2.42. The Balaban J connectivity index is 0.00000169. The maximum absolute atomic E-state index is 13.0. The first-order valence-electron chi connectivity index (χ1n) is 7.46. The molecule has 2 aromatic carbocycles. The highest BCUT2D eigenvalue weighted by Crippen LogP contribution is 2.28. The zero-order valence-corrected chi connectivity index (χ0v) is 15.4. The largest absolute Gasteiger partial charge is 1.00 e. The molecule has 1 aromatic heterocycles. The molecule has 0 aliphatic heterocycles. The van der Waals surface area contributed by atoms with Crippen molar-refractivity contribution in [2.24, 2.45) is 7.05 Å². The van der Waals surface area contributed by atoms with Gasteiger partial charge in [0.15, 0.2) is 0 Å². The van der Waals surface area contributed by atoms with Crippen LogP contribution in [0.1, 0.15) is 37.9 Å². The van der Waals surface area contributed by atoms with E-state index in [9.17, 15) is 9.59 Å². The Hall–Kier alpha value is -2.28. The minimum atomic E-state index is -0.109. The van der Waals surface area contributed by atoms with E-state index < -0.39 is 0 Å². The fraction of sp³-hybridized carbons (Fsp3) is 0.105. The van der Waals surface area contributed by atoms with Crippen molar-refractivity contribution in [1.29, 1.82) is 0 Å². The van der Waals surface area contributed by atoms with E-state index in [1.807, 2.05) is 48.9 Å². The predicted molar refractivity (Wildman–Crippen MR) is 85.0 cm³/mol. The van der Waals surface area contributed by atoms with Gasteiger partial charge in [-0.1, -0.05) is 42.5 Å². The van der Waals surface area contributed by atoms with Gasteiger partial charge in [-0.3, -0.25) is 9.59 Å². The Morgan fingerprint density at radius 3 is 2.00 bits per heavy atom. The summed E-state index contributed by atoms with van der Waals surface area (Å²) in [6.07, 6.45) is 0. The second-order valence-electron chi connectivity index (χ2n) is 5.68. The third-order valence-corrected chi connectivity index (χ3v) is 4.45. The summed E-state index contributed by atoms with van der Waals surface area (Å²) in [5.41, 5.74) is 2.73. The number of carbonyl (C=O) groups excluding carboxylic acids is 2. The van der Waals surface area contributed by atoms with Crippen molar-refractivity contribution in [3.8, 4) is 5.69 Å². The fourth-order valence-corrected chi connectivity index (χ4v) is 3.23. The van der Waals surface area contributed by atoms with Crippen LogP contribution >= 0.6 is 0 Å². The van der Waals surface area contributed by atoms with E-state index in [0.717, 1.165) is 11.5 Å². The number of fused-ring (bicyclic) bond motifs is 2. The summed E-state index contributed by atoms with van der Waals surface area (Å²) < 4.78 is 3.67. The molecule has 120 valence electrons. The van der Waals surface area contributed by atoms with Crippen LogP contribution in [0, 0.1) is 6.92 Å². The normalized spacial score (nSPS) is 12.4. The standard InChI is InChI=1S/C19H15N2O2.HI/c1-12-20(2)16-17(21(12)13-8-4-3-5-9-13)19(23)15-11-7-6-10-14(15)18(16)22;/h3-11H,1-2H3;1H/q+1;/p-1. The molecule has 5 heteroatoms. The van der Waals surface area contributed by atoms with Crippen molar-refractivity contribution in [2.75, 3.05) is 0 Å². The lowest BCUT2D eigenvalue weighted by Crippen LogP contribution is -3.00. The number of halogens is 1. The zero-order valence-electron chi connectivity index (χ0n) is 13.3. The summed E-state index contributed by atoms with van der Waals surface area (Å²) in [4.78, 5) is 25.9. The van der Waals surface area contributed by atoms with Gasteiger partial charge in [0.25, 0.3) is 5.82 Å². The molecular weight excluding hydrogens is 415 g/mol. The maximum Gasteiger partial charge on any atom is 0.259 e. The van der Waals surface area contributed by atoms with Crippen LogP contribution in [0.2, 0.25) is 0 Å². The Kier molecular flexibility index (Phi) is 4.13. The summed E-state index contributed by atoms with van der Waals surface area (Å²) in [6.45, 7) is 1.91. The van der Waals surface area contributed by atoms with Gasteiger partial charge in [0.05, 0.1) is 7.05 Å². The van der Waals surface area contributed by atoms with Gasteiger partial charge in [-0.15, -0.1) is 0 Å². The first-order valence-corrected chi connectivity index (χ1v) is 7.46. The molecule has 3 aromatic rings. The third kappa shape index (κ3) is 2.15. The minimum Gasteiger partial charge on any atom is -1.00 e. The molecule has 0 fully saturated rings. The van der Waals surface area contributed by atoms with E-state index in [1.54, 1.807) is 28.8 Å². The lowest BCUT2D eigenvalue weighted by Gasteiger charge is -2.12. The average molecular weight is 430 g/mol. The molecule has 4 nitrogen and oxygen atoms in total. The van der Waals surface area contributed by atoms with Gasteiger partial charge in [-0.05, 0) is 12.1 Å². The number of imidazole rings is 1. The summed E-state index contributed by atoms with van der Waals surface area (Å²) in [7, 11) is 1.83. The Labute approximate surface area is 156 Å². The third-order valence-electron chi connectivity index (χ3n) is 4.45. The number of nitrogens with zero attached hydrogens (tertiary/aromatic N) is 2. The number of para-hydroxylation sites is 1. The van der Waals surface area contributed by atoms with Crippen LogP contribution in [0.5, 0.6) is 0 Å². The van der Waals surface area contributed by atoms with E-state index >= 15 is 0 Å². The van der Waals surface area contributed by atoms with Crippen LogP contribution in [0.4, 0.5) is 0 Å². The molecule has 0 N–H and O–H groups in total. The first kappa shape index (κ1) is 16.6. The number of aromatic nitrogens is 2. The molecule has 0 saturated carbocycles. The van der Waals surface area contributed by atoms with E-state index in [4.69, 9.17) is 0 Å². The molecule has 1 aliphatic carbocycles. The molecule has 0 unspecified atom stereocenters. The Morgan fingerprint density at radius 2 is 1.38 bits per heavy atom. The quantitative estimate of drug-likeness (QED) is 0.299. The monoisotopic (exact) mass is 430 g/mol. The van der Waals surface area contributed by atoms with Gasteiger partial charge in [-0.25, -0.2) is 4.57 Å². The lowest BCUT2D eigenvalue weighted by atomic mass is 9.90. The number of ketones is 2. The van der Waals surface area contributed by atoms with E-state index in [2.05, 4.69) is 0 Å². The smallest absolute Gasteiger partial charge is 0.259 e. The van der Waals surface area contributed by atoms with Crippen molar-refractivity contribution in [3.63, 3.8) is 0 Å². The molecule has 24 heavy (non-hydrogen) atoms. The lowest BCUT2D eigenvalue weighted by molar-refractivity contribution is -0.678. The van der Waals surface area contributed by atoms with Crippen molar-refractivity contribution in [2.45, 2.75) is 6.92 Å². The van der Waals surface area contributed by atoms with Crippen LogP contribution in [-0.2, 0) is 7.05 Å². The van der Waals surface area contributed by atoms with Gasteiger partial charge in [0, 0.05) is 18.1 Å². The zero-order chi connectivity index (χ0) is 16.1. The average Bonchev–Trinajstić information content (AvgIpc) is 2.86. The maximum atomic E-state index is 13.0. The van der Waals surface area contributed by atoms with Crippen LogP contribution in [0.3, 0.4) is 0 Å². The van der Waals surface area contributed by atoms with Crippen molar-refractivity contribution in [3.05, 3.63) is 82.9 Å².